The van der Waals surface area contributed by atoms with Crippen LogP contribution in [0.25, 0.3) is 0 Å². The number of thiophene rings is 1. The van der Waals surface area contributed by atoms with E-state index in [2.05, 4.69) is 4.99 Å². The van der Waals surface area contributed by atoms with Gasteiger partial charge in [-0.3, -0.25) is 9.79 Å². The first-order valence-electron chi connectivity index (χ1n) is 2.98. The van der Waals surface area contributed by atoms with Gasteiger partial charge in [0.05, 0.1) is 4.88 Å². The summed E-state index contributed by atoms with van der Waals surface area (Å²) in [4.78, 5) is 15.8. The maximum Gasteiger partial charge on any atom is 0.194 e. The monoisotopic (exact) mass is 151 g/mol. The number of hydrogen-bond acceptors (Lipinski definition) is 3. The van der Waals surface area contributed by atoms with Gasteiger partial charge in [0.25, 0.3) is 0 Å². The molecule has 3 heteroatoms. The minimum atomic E-state index is 0.146. The number of ketones is 1. The normalized spacial score (nSPS) is 15.4. The average molecular weight is 151 g/mol. The highest BCUT2D eigenvalue weighted by Gasteiger charge is 2.13. The lowest BCUT2D eigenvalue weighted by molar-refractivity contribution is 0.100. The van der Waals surface area contributed by atoms with Crippen LogP contribution in [0.4, 0.5) is 0 Å². The van der Waals surface area contributed by atoms with Crippen LogP contribution in [0.1, 0.15) is 15.2 Å². The van der Waals surface area contributed by atoms with Crippen LogP contribution in [-0.4, -0.2) is 18.5 Å². The van der Waals surface area contributed by atoms with Gasteiger partial charge in [-0.15, -0.1) is 11.3 Å². The van der Waals surface area contributed by atoms with Gasteiger partial charge in [0, 0.05) is 11.8 Å². The highest BCUT2D eigenvalue weighted by atomic mass is 32.1. The summed E-state index contributed by atoms with van der Waals surface area (Å²) in [6.07, 6.45) is 1.76. The Morgan fingerprint density at radius 2 is 2.50 bits per heavy atom. The van der Waals surface area contributed by atoms with Crippen molar-refractivity contribution in [1.82, 2.24) is 0 Å². The lowest BCUT2D eigenvalue weighted by atomic mass is 10.2. The van der Waals surface area contributed by atoms with E-state index in [-0.39, 0.29) is 5.78 Å². The number of Topliss-reactive ketones (excluding diaryl/α,β-unsaturated/α-hetero) is 1. The van der Waals surface area contributed by atoms with E-state index < -0.39 is 0 Å². The van der Waals surface area contributed by atoms with Crippen molar-refractivity contribution in [2.75, 3.05) is 6.54 Å². The average Bonchev–Trinajstić information content (AvgIpc) is 2.36. The summed E-state index contributed by atoms with van der Waals surface area (Å²) < 4.78 is 0. The summed E-state index contributed by atoms with van der Waals surface area (Å²) in [5.41, 5.74) is 0.973. The molecule has 1 aliphatic rings. The molecule has 0 saturated carbocycles. The van der Waals surface area contributed by atoms with Crippen molar-refractivity contribution >= 4 is 23.3 Å². The Bertz CT molecular complexity index is 300. The number of aliphatic imine (C=N–C) groups is 1. The van der Waals surface area contributed by atoms with E-state index in [9.17, 15) is 4.79 Å². The molecule has 0 bridgehead atoms. The maximum absolute atomic E-state index is 11.0. The Balaban J connectivity index is 2.62. The Morgan fingerprint density at radius 1 is 1.60 bits per heavy atom. The summed E-state index contributed by atoms with van der Waals surface area (Å²) in [5.74, 6) is 0.146. The van der Waals surface area contributed by atoms with Crippen molar-refractivity contribution in [2.24, 2.45) is 4.99 Å². The van der Waals surface area contributed by atoms with Crippen LogP contribution in [0.3, 0.4) is 0 Å². The van der Waals surface area contributed by atoms with Gasteiger partial charge >= 0.3 is 0 Å². The summed E-state index contributed by atoms with van der Waals surface area (Å²) in [6.45, 7) is 0.327. The van der Waals surface area contributed by atoms with E-state index in [0.717, 1.165) is 10.4 Å². The molecule has 0 amide bonds. The SMILES string of the molecule is O=C1CN=Cc2ccsc21. The molecule has 0 unspecified atom stereocenters. The molecule has 2 rings (SSSR count). The first-order valence-corrected chi connectivity index (χ1v) is 3.86. The molecule has 2 heterocycles. The van der Waals surface area contributed by atoms with Crippen LogP contribution >= 0.6 is 11.3 Å². The topological polar surface area (TPSA) is 29.4 Å². The molecule has 1 aromatic rings. The smallest absolute Gasteiger partial charge is 0.194 e. The van der Waals surface area contributed by atoms with Crippen LogP contribution in [0.15, 0.2) is 16.4 Å². The van der Waals surface area contributed by atoms with Gasteiger partial charge in [0.15, 0.2) is 5.78 Å². The molecule has 0 aliphatic carbocycles. The van der Waals surface area contributed by atoms with Crippen LogP contribution in [0.2, 0.25) is 0 Å². The van der Waals surface area contributed by atoms with Crippen molar-refractivity contribution in [3.8, 4) is 0 Å². The van der Waals surface area contributed by atoms with Crippen molar-refractivity contribution in [2.45, 2.75) is 0 Å². The summed E-state index contributed by atoms with van der Waals surface area (Å²) in [7, 11) is 0. The number of carbonyl (C=O) groups excluding carboxylic acids is 1. The maximum atomic E-state index is 11.0. The van der Waals surface area contributed by atoms with Gasteiger partial charge in [-0.2, -0.15) is 0 Å². The van der Waals surface area contributed by atoms with Crippen LogP contribution in [-0.2, 0) is 0 Å². The van der Waals surface area contributed by atoms with Crippen LogP contribution < -0.4 is 0 Å². The van der Waals surface area contributed by atoms with E-state index in [0.29, 0.717) is 6.54 Å². The quantitative estimate of drug-likeness (QED) is 0.550. The lowest BCUT2D eigenvalue weighted by Crippen LogP contribution is -2.08. The fraction of sp³-hybridized carbons (Fsp3) is 0.143. The summed E-state index contributed by atoms with van der Waals surface area (Å²) in [5, 5.41) is 1.92. The molecule has 0 spiro atoms. The van der Waals surface area contributed by atoms with E-state index in [1.54, 1.807) is 6.21 Å². The number of hydrogen-bond donors (Lipinski definition) is 0. The third-order valence-corrected chi connectivity index (χ3v) is 2.39. The largest absolute Gasteiger partial charge is 0.291 e. The van der Waals surface area contributed by atoms with E-state index >= 15 is 0 Å². The van der Waals surface area contributed by atoms with Gasteiger partial charge in [0.2, 0.25) is 0 Å². The Hall–Kier alpha value is -0.960. The van der Waals surface area contributed by atoms with Crippen molar-refractivity contribution in [3.05, 3.63) is 21.9 Å². The third kappa shape index (κ3) is 0.708. The van der Waals surface area contributed by atoms with Gasteiger partial charge < -0.3 is 0 Å². The van der Waals surface area contributed by atoms with E-state index in [1.807, 2.05) is 11.4 Å². The predicted octanol–water partition coefficient (Wildman–Crippen LogP) is 1.36. The van der Waals surface area contributed by atoms with Gasteiger partial charge in [0.1, 0.15) is 6.54 Å². The minimum absolute atomic E-state index is 0.146. The molecule has 10 heavy (non-hydrogen) atoms. The highest BCUT2D eigenvalue weighted by Crippen LogP contribution is 2.18. The zero-order valence-corrected chi connectivity index (χ0v) is 6.02. The summed E-state index contributed by atoms with van der Waals surface area (Å²) >= 11 is 1.49. The molecule has 0 fully saturated rings. The zero-order chi connectivity index (χ0) is 6.97. The van der Waals surface area contributed by atoms with Crippen molar-refractivity contribution in [1.29, 1.82) is 0 Å². The van der Waals surface area contributed by atoms with E-state index in [4.69, 9.17) is 0 Å². The second-order valence-electron chi connectivity index (χ2n) is 2.10. The van der Waals surface area contributed by atoms with Gasteiger partial charge in [-0.25, -0.2) is 0 Å². The molecule has 0 aromatic carbocycles. The molecular weight excluding hydrogens is 146 g/mol. The number of rotatable bonds is 0. The van der Waals surface area contributed by atoms with Gasteiger partial charge in [-0.05, 0) is 11.4 Å². The number of carbonyl (C=O) groups is 1. The first kappa shape index (κ1) is 5.80. The number of fused-ring (bicyclic) bond motifs is 1. The summed E-state index contributed by atoms with van der Waals surface area (Å²) in [6, 6.07) is 1.92. The zero-order valence-electron chi connectivity index (χ0n) is 5.20. The molecular formula is C7H5NOS. The third-order valence-electron chi connectivity index (χ3n) is 1.41. The molecule has 0 atom stereocenters. The van der Waals surface area contributed by atoms with Gasteiger partial charge in [-0.1, -0.05) is 0 Å². The molecule has 1 aliphatic heterocycles. The molecule has 0 N–H and O–H groups in total. The highest BCUT2D eigenvalue weighted by molar-refractivity contribution is 7.12. The molecule has 0 radical (unpaired) electrons. The van der Waals surface area contributed by atoms with E-state index in [1.165, 1.54) is 11.3 Å². The number of nitrogens with zero attached hydrogens (tertiary/aromatic N) is 1. The molecule has 2 nitrogen and oxygen atoms in total. The Morgan fingerprint density at radius 3 is 3.30 bits per heavy atom. The standard InChI is InChI=1S/C7H5NOS/c9-6-4-8-3-5-1-2-10-7(5)6/h1-3H,4H2. The molecule has 1 aromatic heterocycles. The Labute approximate surface area is 62.2 Å². The Kier molecular flexibility index (Phi) is 1.17. The van der Waals surface area contributed by atoms with Crippen LogP contribution in [0, 0.1) is 0 Å². The van der Waals surface area contributed by atoms with Crippen molar-refractivity contribution < 1.29 is 4.79 Å². The minimum Gasteiger partial charge on any atom is -0.291 e. The molecule has 0 saturated heterocycles. The predicted molar refractivity (Wildman–Crippen MR) is 41.1 cm³/mol. The fourth-order valence-corrected chi connectivity index (χ4v) is 1.75. The lowest BCUT2D eigenvalue weighted by Gasteiger charge is -2.00. The first-order chi connectivity index (χ1) is 4.88. The fourth-order valence-electron chi connectivity index (χ4n) is 0.946. The van der Waals surface area contributed by atoms with Crippen molar-refractivity contribution in [3.63, 3.8) is 0 Å². The second kappa shape index (κ2) is 2.02. The molecule has 50 valence electrons. The second-order valence-corrected chi connectivity index (χ2v) is 3.01. The van der Waals surface area contributed by atoms with Crippen LogP contribution in [0.5, 0.6) is 0 Å².